The first kappa shape index (κ1) is 17.2. The number of hydrogen-bond acceptors (Lipinski definition) is 2. The molecule has 0 aliphatic rings. The molecular formula is C17H25BrO2. The Hall–Kier alpha value is -0.830. The van der Waals surface area contributed by atoms with Crippen molar-refractivity contribution in [2.75, 3.05) is 6.61 Å². The minimum Gasteiger partial charge on any atom is -0.493 e. The third-order valence-corrected chi connectivity index (χ3v) is 3.67. The van der Waals surface area contributed by atoms with Crippen molar-refractivity contribution in [2.24, 2.45) is 11.3 Å². The summed E-state index contributed by atoms with van der Waals surface area (Å²) in [6, 6.07) is 5.56. The molecule has 0 saturated heterocycles. The van der Waals surface area contributed by atoms with Crippen LogP contribution in [-0.2, 0) is 0 Å². The van der Waals surface area contributed by atoms with Crippen molar-refractivity contribution in [2.45, 2.75) is 47.5 Å². The predicted molar refractivity (Wildman–Crippen MR) is 87.5 cm³/mol. The van der Waals surface area contributed by atoms with Gasteiger partial charge in [-0.05, 0) is 58.8 Å². The minimum atomic E-state index is 0.200. The van der Waals surface area contributed by atoms with Crippen LogP contribution in [0.3, 0.4) is 0 Å². The lowest BCUT2D eigenvalue weighted by atomic mass is 9.83. The van der Waals surface area contributed by atoms with Crippen LogP contribution < -0.4 is 4.74 Å². The van der Waals surface area contributed by atoms with Crippen LogP contribution >= 0.6 is 15.9 Å². The number of benzene rings is 1. The Morgan fingerprint density at radius 1 is 1.35 bits per heavy atom. The van der Waals surface area contributed by atoms with Crippen molar-refractivity contribution < 1.29 is 9.53 Å². The average molecular weight is 341 g/mol. The van der Waals surface area contributed by atoms with E-state index < -0.39 is 0 Å². The van der Waals surface area contributed by atoms with Gasteiger partial charge in [-0.15, -0.1) is 0 Å². The molecule has 0 N–H and O–H groups in total. The Balaban J connectivity index is 2.71. The van der Waals surface area contributed by atoms with Crippen LogP contribution in [0.4, 0.5) is 0 Å². The highest BCUT2D eigenvalue weighted by Gasteiger charge is 2.19. The number of hydrogen-bond donors (Lipinski definition) is 0. The van der Waals surface area contributed by atoms with E-state index in [0.717, 1.165) is 22.2 Å². The third-order valence-electron chi connectivity index (χ3n) is 3.05. The molecule has 1 unspecified atom stereocenters. The highest BCUT2D eigenvalue weighted by molar-refractivity contribution is 9.10. The molecule has 20 heavy (non-hydrogen) atoms. The van der Waals surface area contributed by atoms with Gasteiger partial charge in [0.1, 0.15) is 5.75 Å². The maximum absolute atomic E-state index is 12.3. The summed E-state index contributed by atoms with van der Waals surface area (Å²) in [5.74, 6) is 1.38. The van der Waals surface area contributed by atoms with Crippen molar-refractivity contribution in [1.29, 1.82) is 0 Å². The van der Waals surface area contributed by atoms with E-state index in [9.17, 15) is 4.79 Å². The number of Topliss-reactive ketones (excluding diaryl/α,β-unsaturated/α-hetero) is 1. The highest BCUT2D eigenvalue weighted by Crippen LogP contribution is 2.29. The molecule has 3 heteroatoms. The summed E-state index contributed by atoms with van der Waals surface area (Å²) in [5, 5.41) is 0. The van der Waals surface area contributed by atoms with Crippen LogP contribution in [0.2, 0.25) is 0 Å². The Bertz CT molecular complexity index is 461. The summed E-state index contributed by atoms with van der Waals surface area (Å²) in [6.45, 7) is 11.3. The lowest BCUT2D eigenvalue weighted by molar-refractivity contribution is 0.0954. The lowest BCUT2D eigenvalue weighted by Crippen LogP contribution is -2.14. The molecule has 2 nitrogen and oxygen atoms in total. The van der Waals surface area contributed by atoms with Crippen molar-refractivity contribution >= 4 is 21.7 Å². The molecule has 0 aromatic heterocycles. The Kier molecular flexibility index (Phi) is 6.25. The van der Waals surface area contributed by atoms with E-state index in [1.54, 1.807) is 0 Å². The molecule has 0 aliphatic carbocycles. The largest absolute Gasteiger partial charge is 0.493 e. The summed E-state index contributed by atoms with van der Waals surface area (Å²) < 4.78 is 6.30. The maximum Gasteiger partial charge on any atom is 0.163 e. The topological polar surface area (TPSA) is 26.3 Å². The van der Waals surface area contributed by atoms with Gasteiger partial charge in [-0.25, -0.2) is 0 Å². The Morgan fingerprint density at radius 2 is 2.00 bits per heavy atom. The van der Waals surface area contributed by atoms with E-state index in [-0.39, 0.29) is 11.2 Å². The fourth-order valence-electron chi connectivity index (χ4n) is 2.50. The second-order valence-corrected chi connectivity index (χ2v) is 7.43. The molecule has 0 saturated carbocycles. The molecule has 0 radical (unpaired) electrons. The number of carbonyl (C=O) groups excluding carboxylic acids is 1. The maximum atomic E-state index is 12.3. The highest BCUT2D eigenvalue weighted by atomic mass is 79.9. The van der Waals surface area contributed by atoms with Crippen molar-refractivity contribution in [1.82, 2.24) is 0 Å². The number of rotatable bonds is 6. The van der Waals surface area contributed by atoms with Crippen LogP contribution in [0.15, 0.2) is 22.7 Å². The van der Waals surface area contributed by atoms with Gasteiger partial charge in [0.2, 0.25) is 0 Å². The zero-order chi connectivity index (χ0) is 15.3. The normalized spacial score (nSPS) is 13.1. The number of halogens is 1. The second-order valence-electron chi connectivity index (χ2n) is 6.58. The minimum absolute atomic E-state index is 0.200. The summed E-state index contributed by atoms with van der Waals surface area (Å²) in [6.07, 6.45) is 1.65. The molecule has 1 aromatic rings. The molecule has 1 rings (SSSR count). The van der Waals surface area contributed by atoms with Gasteiger partial charge in [0, 0.05) is 12.0 Å². The molecule has 0 amide bonds. The molecule has 1 aromatic carbocycles. The van der Waals surface area contributed by atoms with Gasteiger partial charge in [-0.1, -0.05) is 27.7 Å². The Morgan fingerprint density at radius 3 is 2.50 bits per heavy atom. The first-order valence-electron chi connectivity index (χ1n) is 7.18. The number of carbonyl (C=O) groups is 1. The summed E-state index contributed by atoms with van der Waals surface area (Å²) in [5.41, 5.74) is 1.01. The van der Waals surface area contributed by atoms with E-state index in [1.165, 1.54) is 0 Å². The van der Waals surface area contributed by atoms with E-state index in [4.69, 9.17) is 4.74 Å². The second kappa shape index (κ2) is 7.26. The fourth-order valence-corrected chi connectivity index (χ4v) is 2.99. The first-order chi connectivity index (χ1) is 9.23. The van der Waals surface area contributed by atoms with E-state index in [1.807, 2.05) is 25.1 Å². The van der Waals surface area contributed by atoms with Gasteiger partial charge >= 0.3 is 0 Å². The molecule has 0 spiro atoms. The molecule has 0 heterocycles. The summed E-state index contributed by atoms with van der Waals surface area (Å²) in [7, 11) is 0. The summed E-state index contributed by atoms with van der Waals surface area (Å²) in [4.78, 5) is 12.3. The van der Waals surface area contributed by atoms with Crippen molar-refractivity contribution in [3.8, 4) is 5.75 Å². The van der Waals surface area contributed by atoms with Gasteiger partial charge in [0.25, 0.3) is 0 Å². The molecule has 0 aliphatic heterocycles. The van der Waals surface area contributed by atoms with Crippen LogP contribution in [0.5, 0.6) is 5.75 Å². The zero-order valence-corrected chi connectivity index (χ0v) is 14.7. The molecular weight excluding hydrogens is 316 g/mol. The fraction of sp³-hybridized carbons (Fsp3) is 0.588. The number of ether oxygens (including phenoxy) is 1. The first-order valence-corrected chi connectivity index (χ1v) is 7.97. The van der Waals surface area contributed by atoms with Gasteiger partial charge in [0.05, 0.1) is 11.1 Å². The van der Waals surface area contributed by atoms with Gasteiger partial charge in [0.15, 0.2) is 5.78 Å². The van der Waals surface area contributed by atoms with E-state index >= 15 is 0 Å². The monoisotopic (exact) mass is 340 g/mol. The van der Waals surface area contributed by atoms with Crippen LogP contribution in [0, 0.1) is 11.3 Å². The van der Waals surface area contributed by atoms with Crippen molar-refractivity contribution in [3.63, 3.8) is 0 Å². The standard InChI is InChI=1S/C17H25BrO2/c1-6-20-16-8-7-13(10-14(16)18)15(19)9-12(2)11-17(3,4)5/h7-8,10,12H,6,9,11H2,1-5H3. The molecule has 0 fully saturated rings. The van der Waals surface area contributed by atoms with Gasteiger partial charge in [-0.3, -0.25) is 4.79 Å². The third kappa shape index (κ3) is 5.66. The van der Waals surface area contributed by atoms with E-state index in [0.29, 0.717) is 18.9 Å². The summed E-state index contributed by atoms with van der Waals surface area (Å²) >= 11 is 3.45. The Labute approximate surface area is 131 Å². The van der Waals surface area contributed by atoms with Crippen LogP contribution in [0.25, 0.3) is 0 Å². The van der Waals surface area contributed by atoms with Gasteiger partial charge in [-0.2, -0.15) is 0 Å². The quantitative estimate of drug-likeness (QED) is 0.639. The van der Waals surface area contributed by atoms with Crippen LogP contribution in [-0.4, -0.2) is 12.4 Å². The molecule has 112 valence electrons. The molecule has 1 atom stereocenters. The van der Waals surface area contributed by atoms with Crippen molar-refractivity contribution in [3.05, 3.63) is 28.2 Å². The zero-order valence-electron chi connectivity index (χ0n) is 13.1. The molecule has 0 bridgehead atoms. The SMILES string of the molecule is CCOc1ccc(C(=O)CC(C)CC(C)(C)C)cc1Br. The average Bonchev–Trinajstić information content (AvgIpc) is 2.29. The lowest BCUT2D eigenvalue weighted by Gasteiger charge is -2.22. The smallest absolute Gasteiger partial charge is 0.163 e. The van der Waals surface area contributed by atoms with Gasteiger partial charge < -0.3 is 4.74 Å². The number of ketones is 1. The predicted octanol–water partition coefficient (Wildman–Crippen LogP) is 5.49. The van der Waals surface area contributed by atoms with Crippen LogP contribution in [0.1, 0.15) is 57.8 Å². The van der Waals surface area contributed by atoms with E-state index in [2.05, 4.69) is 43.6 Å².